The first-order valence-electron chi connectivity index (χ1n) is 25.7. The van der Waals surface area contributed by atoms with Crippen molar-refractivity contribution in [2.45, 2.75) is 220 Å². The summed E-state index contributed by atoms with van der Waals surface area (Å²) in [5, 5.41) is 39.8. The van der Waals surface area contributed by atoms with Crippen LogP contribution in [0, 0.1) is 17.8 Å². The zero-order chi connectivity index (χ0) is 59.2. The third kappa shape index (κ3) is 27.9. The van der Waals surface area contributed by atoms with Crippen LogP contribution >= 0.6 is 0 Å². The molecule has 0 saturated carbocycles. The minimum atomic E-state index is -1.43. The van der Waals surface area contributed by atoms with Crippen molar-refractivity contribution in [1.29, 1.82) is 0 Å². The van der Waals surface area contributed by atoms with Gasteiger partial charge in [-0.25, -0.2) is 19.2 Å². The molecule has 0 aromatic rings. The second-order valence-corrected chi connectivity index (χ2v) is 23.1. The van der Waals surface area contributed by atoms with Gasteiger partial charge in [0.25, 0.3) is 0 Å². The first-order chi connectivity index (χ1) is 34.6. The average molecular weight is 1080 g/mol. The zero-order valence-electron chi connectivity index (χ0n) is 47.9. The smallest absolute Gasteiger partial charge is 0.457 e. The lowest BCUT2D eigenvalue weighted by molar-refractivity contribution is -0.161. The lowest BCUT2D eigenvalue weighted by Gasteiger charge is -2.32. The number of primary amides is 2. The van der Waals surface area contributed by atoms with Gasteiger partial charge in [-0.05, 0) is 147 Å². The van der Waals surface area contributed by atoms with Gasteiger partial charge in [-0.2, -0.15) is 0 Å². The van der Waals surface area contributed by atoms with Crippen LogP contribution in [0.1, 0.15) is 149 Å². The number of ether oxygens (including phenoxy) is 2. The number of urea groups is 2. The van der Waals surface area contributed by atoms with Crippen molar-refractivity contribution in [3.63, 3.8) is 0 Å². The number of nitrogens with two attached hydrogens (primary N) is 3. The fraction of sp³-hybridized carbons (Fsp3) is 0.851. The topological polar surface area (TPSA) is 410 Å². The van der Waals surface area contributed by atoms with Crippen molar-refractivity contribution in [3.05, 3.63) is 10.4 Å². The standard InChI is InChI=1S/C20H38BN3O6.C19H35BN4O5.C8H18BN3O5/c1-13(25)24-15(16(26)28-18(2,3)4)14(12-23-17(22)27)10-9-11-21-29-19(5,6)20(7,8)30-21;1-13(25)23-15(16(26)27-17(2,3)4)14(12-22-24-21)10-9-11-20-28-18(5,6)19(7,8)29-20;10-6(7(13)14)5(4-12-8(11)15)2-1-3-9(16)17/h14-15H,9-12H2,1-8H3,(H,24,25)(H3,22,23,27);14-15H,9-12H2,1-8H3,(H,23,25);5-6,16-17H,1-4,10H2,(H,13,14)(H3,11,12,15)/t2*14-,15+;5-,6+/m111/s1. The Hall–Kier alpha value is -4.89. The fourth-order valence-electron chi connectivity index (χ4n) is 7.69. The van der Waals surface area contributed by atoms with Crippen molar-refractivity contribution in [2.75, 3.05) is 19.6 Å². The van der Waals surface area contributed by atoms with Crippen LogP contribution in [0.25, 0.3) is 10.4 Å². The van der Waals surface area contributed by atoms with Crippen LogP contribution in [0.4, 0.5) is 9.59 Å². The van der Waals surface area contributed by atoms with E-state index in [1.54, 1.807) is 41.5 Å². The van der Waals surface area contributed by atoms with Crippen LogP contribution in [0.15, 0.2) is 5.11 Å². The fourth-order valence-corrected chi connectivity index (χ4v) is 7.69. The number of hydrogen-bond acceptors (Lipinski definition) is 17. The summed E-state index contributed by atoms with van der Waals surface area (Å²) in [6.07, 6.45) is 4.49. The number of carboxylic acids is 1. The number of nitrogens with one attached hydrogen (secondary N) is 4. The number of amides is 6. The molecule has 29 heteroatoms. The van der Waals surface area contributed by atoms with Gasteiger partial charge < -0.3 is 81.7 Å². The minimum absolute atomic E-state index is 0.0460. The third-order valence-electron chi connectivity index (χ3n) is 12.9. The predicted molar refractivity (Wildman–Crippen MR) is 287 cm³/mol. The van der Waals surface area contributed by atoms with Gasteiger partial charge in [0.2, 0.25) is 11.8 Å². The van der Waals surface area contributed by atoms with E-state index in [4.69, 9.17) is 66.0 Å². The molecule has 2 fully saturated rings. The maximum Gasteiger partial charge on any atom is 0.457 e. The summed E-state index contributed by atoms with van der Waals surface area (Å²) in [5.41, 5.74) is 21.2. The Balaban J connectivity index is 0.00000116. The van der Waals surface area contributed by atoms with E-state index in [1.165, 1.54) is 13.8 Å². The molecule has 26 nitrogen and oxygen atoms in total. The summed E-state index contributed by atoms with van der Waals surface area (Å²) in [6.45, 7) is 29.4. The highest BCUT2D eigenvalue weighted by Gasteiger charge is 2.52. The second kappa shape index (κ2) is 31.5. The van der Waals surface area contributed by atoms with E-state index >= 15 is 0 Å². The monoisotopic (exact) mass is 1080 g/mol. The van der Waals surface area contributed by atoms with Gasteiger partial charge in [0, 0.05) is 50.2 Å². The molecule has 76 heavy (non-hydrogen) atoms. The summed E-state index contributed by atoms with van der Waals surface area (Å²) >= 11 is 0. The molecular formula is C47H91B3N10O16. The van der Waals surface area contributed by atoms with Crippen LogP contribution in [-0.2, 0) is 52.1 Å². The van der Waals surface area contributed by atoms with Crippen LogP contribution < -0.4 is 38.5 Å². The number of rotatable bonds is 26. The molecule has 0 aromatic heterocycles. The Morgan fingerprint density at radius 1 is 0.645 bits per heavy atom. The molecule has 0 radical (unpaired) electrons. The molecular weight excluding hydrogens is 993 g/mol. The molecule has 0 aliphatic carbocycles. The third-order valence-corrected chi connectivity index (χ3v) is 12.9. The van der Waals surface area contributed by atoms with Crippen molar-refractivity contribution in [3.8, 4) is 0 Å². The van der Waals surface area contributed by atoms with Gasteiger partial charge in [-0.1, -0.05) is 24.4 Å². The van der Waals surface area contributed by atoms with E-state index < -0.39 is 107 Å². The van der Waals surface area contributed by atoms with Crippen LogP contribution in [-0.4, -0.2) is 150 Å². The summed E-state index contributed by atoms with van der Waals surface area (Å²) < 4.78 is 35.0. The molecule has 0 aromatic carbocycles. The normalized spacial score (nSPS) is 18.4. The highest BCUT2D eigenvalue weighted by Crippen LogP contribution is 2.39. The predicted octanol–water partition coefficient (Wildman–Crippen LogP) is 3.56. The molecule has 6 amide bonds. The van der Waals surface area contributed by atoms with Crippen LogP contribution in [0.3, 0.4) is 0 Å². The molecule has 2 aliphatic heterocycles. The summed E-state index contributed by atoms with van der Waals surface area (Å²) in [4.78, 5) is 84.1. The summed E-state index contributed by atoms with van der Waals surface area (Å²) in [5.74, 6) is -4.28. The Morgan fingerprint density at radius 2 is 0.987 bits per heavy atom. The van der Waals surface area contributed by atoms with Gasteiger partial charge >= 0.3 is 51.3 Å². The number of aliphatic carboxylic acids is 1. The molecule has 13 N–H and O–H groups in total. The van der Waals surface area contributed by atoms with E-state index in [0.29, 0.717) is 51.2 Å². The first kappa shape index (κ1) is 71.1. The quantitative estimate of drug-likeness (QED) is 0.0195. The van der Waals surface area contributed by atoms with Gasteiger partial charge in [0.05, 0.1) is 22.4 Å². The largest absolute Gasteiger partial charge is 0.480 e. The lowest BCUT2D eigenvalue weighted by Crippen LogP contribution is -2.51. The van der Waals surface area contributed by atoms with Crippen molar-refractivity contribution in [2.24, 2.45) is 40.1 Å². The highest BCUT2D eigenvalue weighted by molar-refractivity contribution is 6.45. The minimum Gasteiger partial charge on any atom is -0.480 e. The number of carboxylic acid groups (broad SMARTS) is 1. The second-order valence-electron chi connectivity index (χ2n) is 23.1. The van der Waals surface area contributed by atoms with Crippen LogP contribution in [0.2, 0.25) is 19.0 Å². The van der Waals surface area contributed by atoms with Gasteiger partial charge in [0.1, 0.15) is 29.3 Å². The number of hydrogen-bond donors (Lipinski definition) is 10. The SMILES string of the molecule is CC(=O)N[C@H](C(=O)OC(C)(C)C)[C@H](CCCB1OC(C)(C)C(C)(C)O1)CN=[N+]=[N-].CC(=O)N[C@H](C(=O)OC(C)(C)C)[C@H](CCCB1OC(C)(C)C(C)(C)O1)CNC(N)=O.NC(=O)NC[C@@H](CCCB(O)O)[C@H](N)C(=O)O. The molecule has 2 saturated heterocycles. The zero-order valence-corrected chi connectivity index (χ0v) is 47.9. The summed E-state index contributed by atoms with van der Waals surface area (Å²) in [6, 6.07) is -4.38. The molecule has 0 unspecified atom stereocenters. The molecule has 2 rings (SSSR count). The lowest BCUT2D eigenvalue weighted by atomic mass is 9.80. The van der Waals surface area contributed by atoms with Crippen molar-refractivity contribution < 1.29 is 76.8 Å². The van der Waals surface area contributed by atoms with E-state index in [1.807, 2.05) is 55.4 Å². The molecule has 2 aliphatic rings. The van der Waals surface area contributed by atoms with E-state index in [9.17, 15) is 33.6 Å². The van der Waals surface area contributed by atoms with Gasteiger partial charge in [-0.15, -0.1) is 0 Å². The van der Waals surface area contributed by atoms with Crippen molar-refractivity contribution in [1.82, 2.24) is 21.3 Å². The molecule has 434 valence electrons. The van der Waals surface area contributed by atoms with E-state index in [-0.39, 0.29) is 52.0 Å². The Morgan fingerprint density at radius 3 is 1.30 bits per heavy atom. The molecule has 0 spiro atoms. The van der Waals surface area contributed by atoms with Gasteiger partial charge in [0.15, 0.2) is 0 Å². The van der Waals surface area contributed by atoms with Crippen molar-refractivity contribution >= 4 is 63.1 Å². The number of esters is 2. The van der Waals surface area contributed by atoms with E-state index in [0.717, 1.165) is 0 Å². The molecule has 6 atom stereocenters. The number of carbonyl (C=O) groups excluding carboxylic acids is 6. The average Bonchev–Trinajstić information content (AvgIpc) is 3.58. The Bertz CT molecular complexity index is 1920. The maximum absolute atomic E-state index is 12.7. The number of carbonyl (C=O) groups is 7. The Labute approximate surface area is 450 Å². The highest BCUT2D eigenvalue weighted by atomic mass is 16.7. The number of nitrogens with zero attached hydrogens (tertiary/aromatic N) is 3. The van der Waals surface area contributed by atoms with E-state index in [2.05, 4.69) is 31.3 Å². The molecule has 2 heterocycles. The van der Waals surface area contributed by atoms with Crippen LogP contribution in [0.5, 0.6) is 0 Å². The van der Waals surface area contributed by atoms with Gasteiger partial charge in [-0.3, -0.25) is 14.4 Å². The molecule has 0 bridgehead atoms. The Kier molecular flexibility index (Phi) is 29.5. The summed E-state index contributed by atoms with van der Waals surface area (Å²) in [7, 11) is -2.14. The number of azide groups is 1. The first-order valence-corrected chi connectivity index (χ1v) is 25.7. The maximum atomic E-state index is 12.7.